The molecule has 0 aliphatic carbocycles. The Morgan fingerprint density at radius 3 is 2.55 bits per heavy atom. The maximum absolute atomic E-state index is 13.8. The summed E-state index contributed by atoms with van der Waals surface area (Å²) in [6.45, 7) is -0.236. The highest BCUT2D eigenvalue weighted by Gasteiger charge is 2.41. The summed E-state index contributed by atoms with van der Waals surface area (Å²) in [5.74, 6) is -0.830. The van der Waals surface area contributed by atoms with Gasteiger partial charge in [-0.25, -0.2) is 9.67 Å². The molecule has 4 rings (SSSR count). The molecule has 0 atom stereocenters. The molecule has 0 radical (unpaired) electrons. The lowest BCUT2D eigenvalue weighted by Gasteiger charge is -2.14. The van der Waals surface area contributed by atoms with Crippen LogP contribution in [0.2, 0.25) is 0 Å². The van der Waals surface area contributed by atoms with E-state index >= 15 is 0 Å². The van der Waals surface area contributed by atoms with Crippen LogP contribution < -0.4 is 5.32 Å². The summed E-state index contributed by atoms with van der Waals surface area (Å²) in [4.78, 5) is 17.4. The standard InChI is InChI=1S/C20H12F6N4O2S/c21-19(22,23)11-3-1-4-13(7-11)30-16(20(24,25)26)14(9-28-30)17(31)27-8-12-10-32-18(29-12)15-5-2-6-33-15/h1-7,9-10H,8H2,(H,27,31). The molecule has 1 amide bonds. The summed E-state index contributed by atoms with van der Waals surface area (Å²) in [5, 5.41) is 7.63. The maximum Gasteiger partial charge on any atom is 0.434 e. The quantitative estimate of drug-likeness (QED) is 0.375. The Morgan fingerprint density at radius 2 is 1.88 bits per heavy atom. The van der Waals surface area contributed by atoms with Crippen molar-refractivity contribution in [1.82, 2.24) is 20.1 Å². The van der Waals surface area contributed by atoms with Gasteiger partial charge in [-0.15, -0.1) is 11.3 Å². The van der Waals surface area contributed by atoms with Gasteiger partial charge in [-0.2, -0.15) is 31.4 Å². The topological polar surface area (TPSA) is 73.0 Å². The summed E-state index contributed by atoms with van der Waals surface area (Å²) < 4.78 is 85.7. The van der Waals surface area contributed by atoms with E-state index < -0.39 is 40.8 Å². The Hall–Kier alpha value is -3.61. The fraction of sp³-hybridized carbons (Fsp3) is 0.150. The number of amides is 1. The van der Waals surface area contributed by atoms with E-state index in [2.05, 4.69) is 15.4 Å². The summed E-state index contributed by atoms with van der Waals surface area (Å²) in [6.07, 6.45) is -7.93. The first-order valence-electron chi connectivity index (χ1n) is 9.13. The molecule has 33 heavy (non-hydrogen) atoms. The van der Waals surface area contributed by atoms with Crippen LogP contribution >= 0.6 is 11.3 Å². The number of hydrogen-bond donors (Lipinski definition) is 1. The molecule has 172 valence electrons. The lowest BCUT2D eigenvalue weighted by atomic mass is 10.1. The first-order valence-corrected chi connectivity index (χ1v) is 10.0. The van der Waals surface area contributed by atoms with Crippen molar-refractivity contribution in [2.24, 2.45) is 0 Å². The molecule has 4 aromatic rings. The molecule has 0 unspecified atom stereocenters. The van der Waals surface area contributed by atoms with Gasteiger partial charge in [-0.05, 0) is 29.6 Å². The van der Waals surface area contributed by atoms with Crippen LogP contribution in [0.1, 0.15) is 27.3 Å². The number of rotatable bonds is 5. The summed E-state index contributed by atoms with van der Waals surface area (Å²) in [7, 11) is 0. The largest absolute Gasteiger partial charge is 0.443 e. The average molecular weight is 486 g/mol. The fourth-order valence-electron chi connectivity index (χ4n) is 2.96. The second kappa shape index (κ2) is 8.39. The molecule has 13 heteroatoms. The molecule has 3 aromatic heterocycles. The van der Waals surface area contributed by atoms with Gasteiger partial charge in [-0.1, -0.05) is 12.1 Å². The highest BCUT2D eigenvalue weighted by Crippen LogP contribution is 2.35. The highest BCUT2D eigenvalue weighted by molar-refractivity contribution is 7.13. The number of aromatic nitrogens is 3. The molecule has 0 bridgehead atoms. The number of hydrogen-bond acceptors (Lipinski definition) is 5. The van der Waals surface area contributed by atoms with Crippen molar-refractivity contribution in [3.8, 4) is 16.5 Å². The number of benzene rings is 1. The second-order valence-electron chi connectivity index (χ2n) is 6.67. The number of nitrogens with one attached hydrogen (secondary N) is 1. The Balaban J connectivity index is 1.59. The highest BCUT2D eigenvalue weighted by atomic mass is 32.1. The SMILES string of the molecule is O=C(NCc1coc(-c2cccs2)n1)c1cnn(-c2cccc(C(F)(F)F)c2)c1C(F)(F)F. The number of nitrogens with zero attached hydrogens (tertiary/aromatic N) is 3. The maximum atomic E-state index is 13.8. The normalized spacial score (nSPS) is 12.2. The number of halogens is 6. The zero-order valence-electron chi connectivity index (χ0n) is 16.2. The molecule has 0 aliphatic rings. The van der Waals surface area contributed by atoms with Crippen LogP contribution in [0, 0.1) is 0 Å². The van der Waals surface area contributed by atoms with Gasteiger partial charge in [0.05, 0.1) is 40.1 Å². The van der Waals surface area contributed by atoms with E-state index in [-0.39, 0.29) is 16.9 Å². The van der Waals surface area contributed by atoms with Gasteiger partial charge in [0, 0.05) is 0 Å². The van der Waals surface area contributed by atoms with Crippen molar-refractivity contribution >= 4 is 17.2 Å². The van der Waals surface area contributed by atoms with E-state index in [0.29, 0.717) is 18.2 Å². The Morgan fingerprint density at radius 1 is 1.09 bits per heavy atom. The molecule has 6 nitrogen and oxygen atoms in total. The van der Waals surface area contributed by atoms with Crippen molar-refractivity contribution < 1.29 is 35.6 Å². The van der Waals surface area contributed by atoms with Gasteiger partial charge in [0.25, 0.3) is 5.91 Å². The number of carbonyl (C=O) groups excluding carboxylic acids is 1. The van der Waals surface area contributed by atoms with Gasteiger partial charge < -0.3 is 9.73 Å². The van der Waals surface area contributed by atoms with Gasteiger partial charge in [-0.3, -0.25) is 4.79 Å². The minimum atomic E-state index is -5.07. The predicted molar refractivity (Wildman–Crippen MR) is 105 cm³/mol. The third-order valence-corrected chi connectivity index (χ3v) is 5.27. The summed E-state index contributed by atoms with van der Waals surface area (Å²) in [5.41, 5.74) is -3.72. The molecule has 0 aliphatic heterocycles. The molecule has 0 saturated carbocycles. The molecule has 0 fully saturated rings. The Labute approximate surface area is 185 Å². The van der Waals surface area contributed by atoms with E-state index in [0.717, 1.165) is 23.1 Å². The van der Waals surface area contributed by atoms with E-state index in [1.165, 1.54) is 17.6 Å². The number of carbonyl (C=O) groups is 1. The molecule has 1 N–H and O–H groups in total. The van der Waals surface area contributed by atoms with Gasteiger partial charge in [0.15, 0.2) is 5.69 Å². The lowest BCUT2D eigenvalue weighted by molar-refractivity contribution is -0.143. The van der Waals surface area contributed by atoms with E-state index in [4.69, 9.17) is 4.42 Å². The number of alkyl halides is 6. The van der Waals surface area contributed by atoms with Gasteiger partial charge in [0.2, 0.25) is 5.89 Å². The smallest absolute Gasteiger partial charge is 0.434 e. The minimum absolute atomic E-state index is 0.236. The molecule has 1 aromatic carbocycles. The van der Waals surface area contributed by atoms with Crippen LogP contribution in [-0.4, -0.2) is 20.7 Å². The third-order valence-electron chi connectivity index (χ3n) is 4.41. The second-order valence-corrected chi connectivity index (χ2v) is 7.62. The van der Waals surface area contributed by atoms with Crippen LogP contribution in [0.15, 0.2) is 58.7 Å². The van der Waals surface area contributed by atoms with Gasteiger partial charge in [0.1, 0.15) is 6.26 Å². The molecular formula is C20H12F6N4O2S. The van der Waals surface area contributed by atoms with Crippen molar-refractivity contribution in [2.75, 3.05) is 0 Å². The average Bonchev–Trinajstić information content (AvgIpc) is 3.51. The van der Waals surface area contributed by atoms with Crippen LogP contribution in [0.4, 0.5) is 26.3 Å². The van der Waals surface area contributed by atoms with Crippen molar-refractivity contribution in [1.29, 1.82) is 0 Å². The molecule has 0 spiro atoms. The lowest BCUT2D eigenvalue weighted by Crippen LogP contribution is -2.26. The van der Waals surface area contributed by atoms with Crippen LogP contribution in [-0.2, 0) is 18.9 Å². The summed E-state index contributed by atoms with van der Waals surface area (Å²) >= 11 is 1.37. The van der Waals surface area contributed by atoms with E-state index in [9.17, 15) is 31.1 Å². The third kappa shape index (κ3) is 4.77. The zero-order valence-corrected chi connectivity index (χ0v) is 17.1. The van der Waals surface area contributed by atoms with Crippen molar-refractivity contribution in [3.63, 3.8) is 0 Å². The zero-order chi connectivity index (χ0) is 23.8. The molecule has 3 heterocycles. The fourth-order valence-corrected chi connectivity index (χ4v) is 3.62. The minimum Gasteiger partial charge on any atom is -0.443 e. The van der Waals surface area contributed by atoms with Crippen LogP contribution in [0.3, 0.4) is 0 Å². The number of thiophene rings is 1. The monoisotopic (exact) mass is 486 g/mol. The van der Waals surface area contributed by atoms with Crippen molar-refractivity contribution in [3.05, 3.63) is 76.8 Å². The molecular weight excluding hydrogens is 474 g/mol. The Kier molecular flexibility index (Phi) is 5.74. The summed E-state index contributed by atoms with van der Waals surface area (Å²) in [6, 6.07) is 6.76. The van der Waals surface area contributed by atoms with Crippen molar-refractivity contribution in [2.45, 2.75) is 18.9 Å². The van der Waals surface area contributed by atoms with E-state index in [1.54, 1.807) is 12.1 Å². The number of oxazole rings is 1. The first kappa shape index (κ1) is 22.6. The van der Waals surface area contributed by atoms with Crippen LogP contribution in [0.25, 0.3) is 16.5 Å². The van der Waals surface area contributed by atoms with Gasteiger partial charge >= 0.3 is 12.4 Å². The molecule has 0 saturated heterocycles. The van der Waals surface area contributed by atoms with Crippen LogP contribution in [0.5, 0.6) is 0 Å². The first-order chi connectivity index (χ1) is 15.5. The Bertz CT molecular complexity index is 1270. The predicted octanol–water partition coefficient (Wildman–Crippen LogP) is 5.56. The van der Waals surface area contributed by atoms with E-state index in [1.807, 2.05) is 5.38 Å².